The highest BCUT2D eigenvalue weighted by Gasteiger charge is 2.16. The third-order valence-electron chi connectivity index (χ3n) is 4.71. The van der Waals surface area contributed by atoms with Crippen molar-refractivity contribution in [2.24, 2.45) is 5.92 Å². The molecule has 0 aromatic heterocycles. The first-order valence-electron chi connectivity index (χ1n) is 10.8. The molecule has 0 fully saturated rings. The third-order valence-corrected chi connectivity index (χ3v) is 4.71. The number of carbonyl (C=O) groups is 3. The summed E-state index contributed by atoms with van der Waals surface area (Å²) in [4.78, 5) is 36.4. The van der Waals surface area contributed by atoms with Crippen molar-refractivity contribution in [2.45, 2.75) is 46.6 Å². The van der Waals surface area contributed by atoms with Crippen LogP contribution in [0.2, 0.25) is 0 Å². The van der Waals surface area contributed by atoms with Crippen molar-refractivity contribution >= 4 is 17.9 Å². The summed E-state index contributed by atoms with van der Waals surface area (Å²) in [5, 5.41) is 0. The Kier molecular flexibility index (Phi) is 9.88. The van der Waals surface area contributed by atoms with Gasteiger partial charge in [-0.15, -0.1) is 0 Å². The maximum atomic E-state index is 12.4. The average Bonchev–Trinajstić information content (AvgIpc) is 2.81. The number of carbonyl (C=O) groups excluding carboxylic acids is 3. The Bertz CT molecular complexity index is 888. The standard InChI is InChI=1S/C25H30O7/c1-5-15-29-18(4)23(26)31-21-13-9-20(10-14-21)25(28)32-22-11-7-19(8-12-22)24(27)30-16-17(3)6-2/h7-14,17-18H,5-6,15-16H2,1-4H3. The van der Waals surface area contributed by atoms with Crippen LogP contribution in [-0.4, -0.2) is 37.2 Å². The van der Waals surface area contributed by atoms with Crippen LogP contribution in [0, 0.1) is 5.92 Å². The van der Waals surface area contributed by atoms with Crippen molar-refractivity contribution in [1.82, 2.24) is 0 Å². The van der Waals surface area contributed by atoms with Crippen LogP contribution in [0.15, 0.2) is 48.5 Å². The second-order valence-corrected chi connectivity index (χ2v) is 7.48. The highest BCUT2D eigenvalue weighted by Crippen LogP contribution is 2.18. The zero-order valence-electron chi connectivity index (χ0n) is 19.0. The maximum Gasteiger partial charge on any atom is 0.343 e. The van der Waals surface area contributed by atoms with Gasteiger partial charge in [-0.05, 0) is 67.8 Å². The summed E-state index contributed by atoms with van der Waals surface area (Å²) in [6, 6.07) is 12.2. The maximum absolute atomic E-state index is 12.4. The normalized spacial score (nSPS) is 12.5. The summed E-state index contributed by atoms with van der Waals surface area (Å²) in [5.41, 5.74) is 0.675. The summed E-state index contributed by atoms with van der Waals surface area (Å²) in [7, 11) is 0. The predicted octanol–water partition coefficient (Wildman–Crippen LogP) is 4.83. The van der Waals surface area contributed by atoms with E-state index in [1.54, 1.807) is 19.1 Å². The van der Waals surface area contributed by atoms with E-state index in [0.717, 1.165) is 12.8 Å². The summed E-state index contributed by atoms with van der Waals surface area (Å²) >= 11 is 0. The molecule has 7 nitrogen and oxygen atoms in total. The molecule has 32 heavy (non-hydrogen) atoms. The first kappa shape index (κ1) is 25.1. The van der Waals surface area contributed by atoms with Gasteiger partial charge >= 0.3 is 17.9 Å². The summed E-state index contributed by atoms with van der Waals surface area (Å²) in [5.74, 6) is -0.592. The van der Waals surface area contributed by atoms with Crippen LogP contribution in [0.1, 0.15) is 61.3 Å². The van der Waals surface area contributed by atoms with Crippen molar-refractivity contribution in [3.05, 3.63) is 59.7 Å². The zero-order chi connectivity index (χ0) is 23.5. The van der Waals surface area contributed by atoms with Crippen LogP contribution in [0.5, 0.6) is 11.5 Å². The van der Waals surface area contributed by atoms with E-state index in [2.05, 4.69) is 0 Å². The number of rotatable bonds is 11. The lowest BCUT2D eigenvalue weighted by Gasteiger charge is -2.12. The largest absolute Gasteiger partial charge is 0.462 e. The van der Waals surface area contributed by atoms with E-state index < -0.39 is 24.0 Å². The monoisotopic (exact) mass is 442 g/mol. The van der Waals surface area contributed by atoms with E-state index in [-0.39, 0.29) is 5.56 Å². The predicted molar refractivity (Wildman–Crippen MR) is 119 cm³/mol. The van der Waals surface area contributed by atoms with Gasteiger partial charge in [-0.3, -0.25) is 0 Å². The van der Waals surface area contributed by atoms with Crippen LogP contribution in [0.4, 0.5) is 0 Å². The zero-order valence-corrected chi connectivity index (χ0v) is 19.0. The van der Waals surface area contributed by atoms with E-state index in [1.807, 2.05) is 20.8 Å². The molecule has 0 radical (unpaired) electrons. The smallest absolute Gasteiger partial charge is 0.343 e. The number of ether oxygens (including phenoxy) is 4. The van der Waals surface area contributed by atoms with Crippen molar-refractivity contribution in [3.63, 3.8) is 0 Å². The van der Waals surface area contributed by atoms with Gasteiger partial charge in [0.15, 0.2) is 6.10 Å². The third kappa shape index (κ3) is 7.81. The Labute approximate surface area is 188 Å². The fourth-order valence-electron chi connectivity index (χ4n) is 2.47. The lowest BCUT2D eigenvalue weighted by molar-refractivity contribution is -0.146. The topological polar surface area (TPSA) is 88.1 Å². The van der Waals surface area contributed by atoms with Gasteiger partial charge in [-0.25, -0.2) is 14.4 Å². The van der Waals surface area contributed by atoms with Gasteiger partial charge in [-0.1, -0.05) is 27.2 Å². The molecule has 0 aliphatic rings. The molecule has 0 aliphatic heterocycles. The van der Waals surface area contributed by atoms with Crippen molar-refractivity contribution < 1.29 is 33.3 Å². The first-order valence-corrected chi connectivity index (χ1v) is 10.8. The van der Waals surface area contributed by atoms with Gasteiger partial charge in [-0.2, -0.15) is 0 Å². The minimum atomic E-state index is -0.671. The lowest BCUT2D eigenvalue weighted by Crippen LogP contribution is -2.26. The molecule has 0 aliphatic carbocycles. The molecular formula is C25H30O7. The fourth-order valence-corrected chi connectivity index (χ4v) is 2.47. The summed E-state index contributed by atoms with van der Waals surface area (Å²) < 4.78 is 21.2. The molecule has 0 saturated carbocycles. The molecule has 0 saturated heterocycles. The van der Waals surface area contributed by atoms with E-state index in [9.17, 15) is 14.4 Å². The Morgan fingerprint density at radius 1 is 0.781 bits per heavy atom. The van der Waals surface area contributed by atoms with Crippen LogP contribution in [-0.2, 0) is 14.3 Å². The molecule has 2 unspecified atom stereocenters. The van der Waals surface area contributed by atoms with E-state index >= 15 is 0 Å². The highest BCUT2D eigenvalue weighted by atomic mass is 16.6. The first-order chi connectivity index (χ1) is 15.3. The quantitative estimate of drug-likeness (QED) is 0.364. The van der Waals surface area contributed by atoms with Crippen molar-refractivity contribution in [1.29, 1.82) is 0 Å². The lowest BCUT2D eigenvalue weighted by atomic mass is 10.1. The number of esters is 3. The molecule has 0 bridgehead atoms. The van der Waals surface area contributed by atoms with Crippen molar-refractivity contribution in [2.75, 3.05) is 13.2 Å². The molecule has 0 heterocycles. The Morgan fingerprint density at radius 3 is 1.84 bits per heavy atom. The second kappa shape index (κ2) is 12.6. The molecule has 0 spiro atoms. The van der Waals surface area contributed by atoms with Gasteiger partial charge in [0.25, 0.3) is 0 Å². The molecule has 2 aromatic rings. The molecule has 0 N–H and O–H groups in total. The molecule has 0 amide bonds. The Hall–Kier alpha value is -3.19. The van der Waals surface area contributed by atoms with E-state index in [0.29, 0.717) is 36.2 Å². The van der Waals surface area contributed by atoms with Gasteiger partial charge in [0.2, 0.25) is 0 Å². The SMILES string of the molecule is CCCOC(C)C(=O)Oc1ccc(C(=O)Oc2ccc(C(=O)OCC(C)CC)cc2)cc1. The van der Waals surface area contributed by atoms with E-state index in [1.165, 1.54) is 36.4 Å². The van der Waals surface area contributed by atoms with Crippen LogP contribution in [0.25, 0.3) is 0 Å². The van der Waals surface area contributed by atoms with Crippen LogP contribution in [0.3, 0.4) is 0 Å². The molecule has 2 aromatic carbocycles. The molecule has 172 valence electrons. The summed E-state index contributed by atoms with van der Waals surface area (Å²) in [6.07, 6.45) is 1.06. The van der Waals surface area contributed by atoms with Gasteiger partial charge in [0.1, 0.15) is 11.5 Å². The molecule has 7 heteroatoms. The van der Waals surface area contributed by atoms with Crippen LogP contribution < -0.4 is 9.47 Å². The fraction of sp³-hybridized carbons (Fsp3) is 0.400. The highest BCUT2D eigenvalue weighted by molar-refractivity contribution is 5.92. The van der Waals surface area contributed by atoms with Gasteiger partial charge in [0, 0.05) is 6.61 Å². The number of benzene rings is 2. The van der Waals surface area contributed by atoms with Crippen molar-refractivity contribution in [3.8, 4) is 11.5 Å². The molecular weight excluding hydrogens is 412 g/mol. The van der Waals surface area contributed by atoms with E-state index in [4.69, 9.17) is 18.9 Å². The minimum Gasteiger partial charge on any atom is -0.462 e. The second-order valence-electron chi connectivity index (χ2n) is 7.48. The summed E-state index contributed by atoms with van der Waals surface area (Å²) in [6.45, 7) is 8.46. The van der Waals surface area contributed by atoms with Gasteiger partial charge in [0.05, 0.1) is 17.7 Å². The number of hydrogen-bond donors (Lipinski definition) is 0. The van der Waals surface area contributed by atoms with Gasteiger partial charge < -0.3 is 18.9 Å². The Balaban J connectivity index is 1.89. The average molecular weight is 443 g/mol. The minimum absolute atomic E-state index is 0.289. The van der Waals surface area contributed by atoms with Crippen LogP contribution >= 0.6 is 0 Å². The molecule has 2 atom stereocenters. The molecule has 2 rings (SSSR count). The Morgan fingerprint density at radius 2 is 1.31 bits per heavy atom. The number of hydrogen-bond acceptors (Lipinski definition) is 7.